The van der Waals surface area contributed by atoms with Crippen molar-refractivity contribution in [1.29, 1.82) is 0 Å². The van der Waals surface area contributed by atoms with Crippen molar-refractivity contribution in [3.63, 3.8) is 0 Å². The molecule has 0 unspecified atom stereocenters. The molecule has 0 N–H and O–H groups in total. The van der Waals surface area contributed by atoms with Crippen molar-refractivity contribution in [2.45, 2.75) is 13.8 Å². The lowest BCUT2D eigenvalue weighted by Gasteiger charge is -2.07. The highest BCUT2D eigenvalue weighted by molar-refractivity contribution is 5.86. The Kier molecular flexibility index (Phi) is 2.46. The SMILES string of the molecule is CCOc1cccc2oc(=O)cc(C)c12. The summed E-state index contributed by atoms with van der Waals surface area (Å²) in [7, 11) is 0. The number of aryl methyl sites for hydroxylation is 1. The molecule has 0 fully saturated rings. The number of hydrogen-bond donors (Lipinski definition) is 0. The minimum Gasteiger partial charge on any atom is -0.493 e. The first-order chi connectivity index (χ1) is 7.22. The molecule has 1 aromatic carbocycles. The predicted molar refractivity (Wildman–Crippen MR) is 58.4 cm³/mol. The van der Waals surface area contributed by atoms with Gasteiger partial charge >= 0.3 is 5.63 Å². The van der Waals surface area contributed by atoms with Gasteiger partial charge < -0.3 is 9.15 Å². The Hall–Kier alpha value is -1.77. The summed E-state index contributed by atoms with van der Waals surface area (Å²) in [6.45, 7) is 4.40. The van der Waals surface area contributed by atoms with Crippen molar-refractivity contribution >= 4 is 11.0 Å². The molecule has 3 nitrogen and oxygen atoms in total. The molecular weight excluding hydrogens is 192 g/mol. The van der Waals surface area contributed by atoms with E-state index in [4.69, 9.17) is 9.15 Å². The summed E-state index contributed by atoms with van der Waals surface area (Å²) in [4.78, 5) is 11.2. The summed E-state index contributed by atoms with van der Waals surface area (Å²) in [6, 6.07) is 6.94. The summed E-state index contributed by atoms with van der Waals surface area (Å²) < 4.78 is 10.6. The molecule has 2 rings (SSSR count). The van der Waals surface area contributed by atoms with Crippen molar-refractivity contribution in [3.8, 4) is 5.75 Å². The third kappa shape index (κ3) is 1.73. The highest BCUT2D eigenvalue weighted by atomic mass is 16.5. The monoisotopic (exact) mass is 204 g/mol. The minimum absolute atomic E-state index is 0.325. The summed E-state index contributed by atoms with van der Waals surface area (Å²) in [5.74, 6) is 0.760. The van der Waals surface area contributed by atoms with Crippen molar-refractivity contribution in [1.82, 2.24) is 0 Å². The second kappa shape index (κ2) is 3.77. The largest absolute Gasteiger partial charge is 0.493 e. The molecule has 3 heteroatoms. The fourth-order valence-corrected chi connectivity index (χ4v) is 1.65. The highest BCUT2D eigenvalue weighted by Gasteiger charge is 2.07. The van der Waals surface area contributed by atoms with Crippen LogP contribution in [0.15, 0.2) is 33.5 Å². The van der Waals surface area contributed by atoms with Gasteiger partial charge in [0.25, 0.3) is 0 Å². The van der Waals surface area contributed by atoms with Crippen LogP contribution in [0.25, 0.3) is 11.0 Å². The van der Waals surface area contributed by atoms with E-state index in [9.17, 15) is 4.79 Å². The lowest BCUT2D eigenvalue weighted by atomic mass is 10.1. The molecule has 0 saturated carbocycles. The third-order valence-corrected chi connectivity index (χ3v) is 2.23. The summed E-state index contributed by atoms with van der Waals surface area (Å²) >= 11 is 0. The lowest BCUT2D eigenvalue weighted by molar-refractivity contribution is 0.343. The second-order valence-electron chi connectivity index (χ2n) is 3.31. The van der Waals surface area contributed by atoms with Gasteiger partial charge in [0.1, 0.15) is 11.3 Å². The first-order valence-corrected chi connectivity index (χ1v) is 4.88. The fourth-order valence-electron chi connectivity index (χ4n) is 1.65. The van der Waals surface area contributed by atoms with Crippen LogP contribution in [0.3, 0.4) is 0 Å². The Labute approximate surface area is 87.3 Å². The number of fused-ring (bicyclic) bond motifs is 1. The van der Waals surface area contributed by atoms with Gasteiger partial charge in [-0.25, -0.2) is 4.79 Å². The smallest absolute Gasteiger partial charge is 0.336 e. The van der Waals surface area contributed by atoms with Gasteiger partial charge in [0.15, 0.2) is 0 Å². The van der Waals surface area contributed by atoms with Gasteiger partial charge in [0.05, 0.1) is 12.0 Å². The number of hydrogen-bond acceptors (Lipinski definition) is 3. The Morgan fingerprint density at radius 1 is 1.40 bits per heavy atom. The van der Waals surface area contributed by atoms with E-state index in [0.717, 1.165) is 16.7 Å². The molecule has 2 aromatic rings. The summed E-state index contributed by atoms with van der Waals surface area (Å²) in [5.41, 5.74) is 1.13. The van der Waals surface area contributed by atoms with Crippen LogP contribution < -0.4 is 10.4 Å². The normalized spacial score (nSPS) is 10.5. The van der Waals surface area contributed by atoms with Crippen molar-refractivity contribution < 1.29 is 9.15 Å². The Morgan fingerprint density at radius 3 is 2.93 bits per heavy atom. The van der Waals surface area contributed by atoms with E-state index in [1.54, 1.807) is 6.07 Å². The Morgan fingerprint density at radius 2 is 2.20 bits per heavy atom. The Bertz CT molecular complexity index is 540. The first-order valence-electron chi connectivity index (χ1n) is 4.88. The van der Waals surface area contributed by atoms with E-state index < -0.39 is 0 Å². The second-order valence-corrected chi connectivity index (χ2v) is 3.31. The topological polar surface area (TPSA) is 39.4 Å². The van der Waals surface area contributed by atoms with E-state index in [0.29, 0.717) is 12.2 Å². The van der Waals surface area contributed by atoms with Crippen LogP contribution in [0, 0.1) is 6.92 Å². The quantitative estimate of drug-likeness (QED) is 0.705. The minimum atomic E-state index is -0.325. The molecule has 15 heavy (non-hydrogen) atoms. The van der Waals surface area contributed by atoms with Crippen molar-refractivity contribution in [2.24, 2.45) is 0 Å². The number of benzene rings is 1. The summed E-state index contributed by atoms with van der Waals surface area (Å²) in [5, 5.41) is 0.874. The maximum absolute atomic E-state index is 11.2. The zero-order valence-electron chi connectivity index (χ0n) is 8.74. The molecule has 0 bridgehead atoms. The van der Waals surface area contributed by atoms with Gasteiger partial charge in [0.2, 0.25) is 0 Å². The average Bonchev–Trinajstić information content (AvgIpc) is 2.17. The van der Waals surface area contributed by atoms with Gasteiger partial charge in [-0.1, -0.05) is 6.07 Å². The first kappa shape index (κ1) is 9.77. The van der Waals surface area contributed by atoms with Gasteiger partial charge in [0, 0.05) is 6.07 Å². The van der Waals surface area contributed by atoms with E-state index in [1.165, 1.54) is 6.07 Å². The molecule has 0 aliphatic rings. The zero-order chi connectivity index (χ0) is 10.8. The summed E-state index contributed by atoms with van der Waals surface area (Å²) in [6.07, 6.45) is 0. The maximum Gasteiger partial charge on any atom is 0.336 e. The van der Waals surface area contributed by atoms with Crippen LogP contribution in [0.1, 0.15) is 12.5 Å². The van der Waals surface area contributed by atoms with Gasteiger partial charge in [-0.2, -0.15) is 0 Å². The average molecular weight is 204 g/mol. The molecule has 0 aliphatic carbocycles. The van der Waals surface area contributed by atoms with E-state index >= 15 is 0 Å². The van der Waals surface area contributed by atoms with Crippen LogP contribution in [0.4, 0.5) is 0 Å². The number of rotatable bonds is 2. The molecular formula is C12H12O3. The van der Waals surface area contributed by atoms with Crippen LogP contribution in [0.5, 0.6) is 5.75 Å². The van der Waals surface area contributed by atoms with Crippen LogP contribution in [0.2, 0.25) is 0 Å². The van der Waals surface area contributed by atoms with E-state index in [2.05, 4.69) is 0 Å². The molecule has 0 aliphatic heterocycles. The van der Waals surface area contributed by atoms with E-state index in [1.807, 2.05) is 26.0 Å². The molecule has 0 amide bonds. The maximum atomic E-state index is 11.2. The van der Waals surface area contributed by atoms with Crippen molar-refractivity contribution in [2.75, 3.05) is 6.61 Å². The lowest BCUT2D eigenvalue weighted by Crippen LogP contribution is -2.00. The molecule has 0 spiro atoms. The van der Waals surface area contributed by atoms with Crippen molar-refractivity contribution in [3.05, 3.63) is 40.2 Å². The van der Waals surface area contributed by atoms with Gasteiger partial charge in [-0.15, -0.1) is 0 Å². The highest BCUT2D eigenvalue weighted by Crippen LogP contribution is 2.27. The van der Waals surface area contributed by atoms with Crippen LogP contribution in [-0.4, -0.2) is 6.61 Å². The standard InChI is InChI=1S/C12H12O3/c1-3-14-9-5-4-6-10-12(9)8(2)7-11(13)15-10/h4-7H,3H2,1-2H3. The zero-order valence-corrected chi connectivity index (χ0v) is 8.74. The molecule has 1 heterocycles. The Balaban J connectivity index is 2.79. The van der Waals surface area contributed by atoms with Gasteiger partial charge in [-0.05, 0) is 31.5 Å². The van der Waals surface area contributed by atoms with Crippen LogP contribution in [-0.2, 0) is 0 Å². The molecule has 1 aromatic heterocycles. The number of ether oxygens (including phenoxy) is 1. The fraction of sp³-hybridized carbons (Fsp3) is 0.250. The predicted octanol–water partition coefficient (Wildman–Crippen LogP) is 2.50. The van der Waals surface area contributed by atoms with Crippen LogP contribution >= 0.6 is 0 Å². The molecule has 0 atom stereocenters. The molecule has 0 radical (unpaired) electrons. The molecule has 0 saturated heterocycles. The van der Waals surface area contributed by atoms with Gasteiger partial charge in [-0.3, -0.25) is 0 Å². The van der Waals surface area contributed by atoms with E-state index in [-0.39, 0.29) is 5.63 Å². The third-order valence-electron chi connectivity index (χ3n) is 2.23. The molecule has 78 valence electrons.